The molecule has 2 nitrogen and oxygen atoms in total. The molecule has 0 unspecified atom stereocenters. The Morgan fingerprint density at radius 3 is 2.50 bits per heavy atom. The van der Waals surface area contributed by atoms with Gasteiger partial charge < -0.3 is 9.47 Å². The first-order valence-corrected chi connectivity index (χ1v) is 4.95. The summed E-state index contributed by atoms with van der Waals surface area (Å²) < 4.78 is 9.99. The molecular weight excluding hydrogens is 176 g/mol. The Morgan fingerprint density at radius 2 is 1.86 bits per heavy atom. The maximum atomic E-state index is 5.21. The number of hydrogen-bond acceptors (Lipinski definition) is 2. The van der Waals surface area contributed by atoms with Crippen molar-refractivity contribution < 1.29 is 9.47 Å². The van der Waals surface area contributed by atoms with E-state index in [9.17, 15) is 0 Å². The van der Waals surface area contributed by atoms with Gasteiger partial charge in [0.25, 0.3) is 0 Å². The molecule has 2 heteroatoms. The Balaban J connectivity index is 2.15. The van der Waals surface area contributed by atoms with Crippen LogP contribution in [0.15, 0.2) is 24.3 Å². The molecule has 0 bridgehead atoms. The minimum absolute atomic E-state index is 0.397. The summed E-state index contributed by atoms with van der Waals surface area (Å²) in [5.41, 5.74) is 2.68. The van der Waals surface area contributed by atoms with Crippen molar-refractivity contribution in [1.82, 2.24) is 0 Å². The molecule has 0 aromatic heterocycles. The van der Waals surface area contributed by atoms with Crippen LogP contribution in [0, 0.1) is 6.92 Å². The maximum Gasteiger partial charge on any atom is 0.146 e. The van der Waals surface area contributed by atoms with Crippen LogP contribution in [-0.4, -0.2) is 20.5 Å². The fraction of sp³-hybridized carbons (Fsp3) is 0.500. The van der Waals surface area contributed by atoms with Crippen LogP contribution >= 0.6 is 0 Å². The monoisotopic (exact) mass is 194 g/mol. The van der Waals surface area contributed by atoms with Crippen molar-refractivity contribution in [3.05, 3.63) is 35.4 Å². The smallest absolute Gasteiger partial charge is 0.146 e. The van der Waals surface area contributed by atoms with Crippen molar-refractivity contribution in [2.45, 2.75) is 19.8 Å². The van der Waals surface area contributed by atoms with Crippen molar-refractivity contribution in [2.24, 2.45) is 0 Å². The van der Waals surface area contributed by atoms with Crippen LogP contribution in [0.5, 0.6) is 0 Å². The lowest BCUT2D eigenvalue weighted by Crippen LogP contribution is -1.99. The van der Waals surface area contributed by atoms with Crippen molar-refractivity contribution in [3.63, 3.8) is 0 Å². The second kappa shape index (κ2) is 6.57. The molecule has 0 aliphatic carbocycles. The number of benzene rings is 1. The Bertz CT molecular complexity index is 241. The molecular formula is C12H18O2. The molecule has 0 fully saturated rings. The second-order valence-corrected chi connectivity index (χ2v) is 3.40. The summed E-state index contributed by atoms with van der Waals surface area (Å²) in [6.45, 7) is 3.26. The number of methoxy groups -OCH3 is 1. The highest BCUT2D eigenvalue weighted by Crippen LogP contribution is 2.05. The quantitative estimate of drug-likeness (QED) is 0.512. The van der Waals surface area contributed by atoms with Crippen LogP contribution in [0.3, 0.4) is 0 Å². The van der Waals surface area contributed by atoms with Gasteiger partial charge in [-0.05, 0) is 25.3 Å². The molecule has 1 aromatic carbocycles. The van der Waals surface area contributed by atoms with Gasteiger partial charge in [-0.15, -0.1) is 0 Å². The number of aryl methyl sites for hydroxylation is 2. The van der Waals surface area contributed by atoms with Gasteiger partial charge >= 0.3 is 0 Å². The first-order valence-electron chi connectivity index (χ1n) is 4.95. The lowest BCUT2D eigenvalue weighted by Gasteiger charge is -2.03. The third-order valence-corrected chi connectivity index (χ3v) is 2.08. The second-order valence-electron chi connectivity index (χ2n) is 3.40. The normalized spacial score (nSPS) is 10.4. The van der Waals surface area contributed by atoms with Crippen LogP contribution in [0.25, 0.3) is 0 Å². The third kappa shape index (κ3) is 4.40. The molecule has 78 valence electrons. The van der Waals surface area contributed by atoms with Gasteiger partial charge in [-0.1, -0.05) is 29.8 Å². The van der Waals surface area contributed by atoms with E-state index in [0.29, 0.717) is 6.79 Å². The van der Waals surface area contributed by atoms with E-state index in [-0.39, 0.29) is 0 Å². The van der Waals surface area contributed by atoms with Crippen LogP contribution in [-0.2, 0) is 15.9 Å². The van der Waals surface area contributed by atoms with Crippen LogP contribution in [0.2, 0.25) is 0 Å². The summed E-state index contributed by atoms with van der Waals surface area (Å²) >= 11 is 0. The van der Waals surface area contributed by atoms with Crippen molar-refractivity contribution in [2.75, 3.05) is 20.5 Å². The molecule has 1 rings (SSSR count). The largest absolute Gasteiger partial charge is 0.359 e. The van der Waals surface area contributed by atoms with Gasteiger partial charge in [0, 0.05) is 13.7 Å². The molecule has 0 atom stereocenters. The lowest BCUT2D eigenvalue weighted by molar-refractivity contribution is -0.0310. The van der Waals surface area contributed by atoms with Crippen LogP contribution < -0.4 is 0 Å². The third-order valence-electron chi connectivity index (χ3n) is 2.08. The van der Waals surface area contributed by atoms with Gasteiger partial charge in [0.1, 0.15) is 6.79 Å². The SMILES string of the molecule is COCOCCCc1ccc(C)cc1. The molecule has 0 heterocycles. The summed E-state index contributed by atoms with van der Waals surface area (Å²) in [5, 5.41) is 0. The van der Waals surface area contributed by atoms with Crippen LogP contribution in [0.4, 0.5) is 0 Å². The van der Waals surface area contributed by atoms with E-state index in [2.05, 4.69) is 31.2 Å². The molecule has 0 aliphatic rings. The highest BCUT2D eigenvalue weighted by molar-refractivity contribution is 5.21. The molecule has 0 amide bonds. The Kier molecular flexibility index (Phi) is 5.27. The summed E-state index contributed by atoms with van der Waals surface area (Å²) in [5.74, 6) is 0. The van der Waals surface area contributed by atoms with Crippen molar-refractivity contribution in [3.8, 4) is 0 Å². The number of rotatable bonds is 6. The highest BCUT2D eigenvalue weighted by atomic mass is 16.7. The van der Waals surface area contributed by atoms with Gasteiger partial charge in [0.05, 0.1) is 0 Å². The molecule has 1 aromatic rings. The Morgan fingerprint density at radius 1 is 1.14 bits per heavy atom. The molecule has 0 radical (unpaired) electrons. The minimum atomic E-state index is 0.397. The summed E-state index contributed by atoms with van der Waals surface area (Å²) in [6, 6.07) is 8.63. The van der Waals surface area contributed by atoms with E-state index in [1.165, 1.54) is 11.1 Å². The predicted molar refractivity (Wildman–Crippen MR) is 57.3 cm³/mol. The zero-order valence-electron chi connectivity index (χ0n) is 8.95. The lowest BCUT2D eigenvalue weighted by atomic mass is 10.1. The first kappa shape index (κ1) is 11.2. The average molecular weight is 194 g/mol. The maximum absolute atomic E-state index is 5.21. The Labute approximate surface area is 85.8 Å². The predicted octanol–water partition coefficient (Wildman–Crippen LogP) is 2.55. The van der Waals surface area contributed by atoms with E-state index in [0.717, 1.165) is 19.4 Å². The molecule has 0 saturated carbocycles. The zero-order valence-corrected chi connectivity index (χ0v) is 8.95. The topological polar surface area (TPSA) is 18.5 Å². The van der Waals surface area contributed by atoms with Gasteiger partial charge in [-0.3, -0.25) is 0 Å². The van der Waals surface area contributed by atoms with E-state index in [4.69, 9.17) is 9.47 Å². The minimum Gasteiger partial charge on any atom is -0.359 e. The summed E-state index contributed by atoms with van der Waals surface area (Å²) in [6.07, 6.45) is 2.12. The molecule has 0 aliphatic heterocycles. The fourth-order valence-corrected chi connectivity index (χ4v) is 1.28. The van der Waals surface area contributed by atoms with Crippen LogP contribution in [0.1, 0.15) is 17.5 Å². The Hall–Kier alpha value is -0.860. The van der Waals surface area contributed by atoms with Gasteiger partial charge in [0.15, 0.2) is 0 Å². The van der Waals surface area contributed by atoms with E-state index in [1.54, 1.807) is 7.11 Å². The highest BCUT2D eigenvalue weighted by Gasteiger charge is 1.93. The molecule has 0 N–H and O–H groups in total. The van der Waals surface area contributed by atoms with Gasteiger partial charge in [-0.2, -0.15) is 0 Å². The van der Waals surface area contributed by atoms with E-state index < -0.39 is 0 Å². The van der Waals surface area contributed by atoms with E-state index in [1.807, 2.05) is 0 Å². The molecule has 0 spiro atoms. The zero-order chi connectivity index (χ0) is 10.2. The fourth-order valence-electron chi connectivity index (χ4n) is 1.28. The summed E-state index contributed by atoms with van der Waals surface area (Å²) in [7, 11) is 1.64. The standard InChI is InChI=1S/C12H18O2/c1-11-5-7-12(8-6-11)4-3-9-14-10-13-2/h5-8H,3-4,9-10H2,1-2H3. The van der Waals surface area contributed by atoms with E-state index >= 15 is 0 Å². The summed E-state index contributed by atoms with van der Waals surface area (Å²) in [4.78, 5) is 0. The number of hydrogen-bond donors (Lipinski definition) is 0. The first-order chi connectivity index (χ1) is 6.83. The molecule has 0 saturated heterocycles. The van der Waals surface area contributed by atoms with Crippen molar-refractivity contribution >= 4 is 0 Å². The van der Waals surface area contributed by atoms with Gasteiger partial charge in [-0.25, -0.2) is 0 Å². The number of ether oxygens (including phenoxy) is 2. The van der Waals surface area contributed by atoms with Gasteiger partial charge in [0.2, 0.25) is 0 Å². The molecule has 14 heavy (non-hydrogen) atoms. The average Bonchev–Trinajstić information content (AvgIpc) is 2.21. The van der Waals surface area contributed by atoms with Crippen molar-refractivity contribution in [1.29, 1.82) is 0 Å².